The summed E-state index contributed by atoms with van der Waals surface area (Å²) in [6, 6.07) is 23.1. The molecular formula is C32H38B2N2S. The van der Waals surface area contributed by atoms with Gasteiger partial charge in [-0.2, -0.15) is 11.3 Å². The first kappa shape index (κ1) is 25.7. The second-order valence-electron chi connectivity index (χ2n) is 10.7. The van der Waals surface area contributed by atoms with Crippen LogP contribution in [-0.4, -0.2) is 26.8 Å². The number of thiophene rings is 1. The predicted molar refractivity (Wildman–Crippen MR) is 168 cm³/mol. The van der Waals surface area contributed by atoms with E-state index in [1.54, 1.807) is 0 Å². The van der Waals surface area contributed by atoms with Gasteiger partial charge in [-0.1, -0.05) is 92.8 Å². The highest BCUT2D eigenvalue weighted by atomic mass is 32.1. The van der Waals surface area contributed by atoms with Gasteiger partial charge in [0.15, 0.2) is 0 Å². The normalized spacial score (nSPS) is 12.9. The first-order chi connectivity index (χ1) is 17.7. The zero-order valence-corrected chi connectivity index (χ0v) is 24.5. The molecule has 0 spiro atoms. The van der Waals surface area contributed by atoms with Gasteiger partial charge < -0.3 is 9.62 Å². The van der Waals surface area contributed by atoms with Gasteiger partial charge in [-0.05, 0) is 72.3 Å². The highest BCUT2D eigenvalue weighted by molar-refractivity contribution is 7.34. The molecule has 0 saturated heterocycles. The number of para-hydroxylation sites is 2. The average Bonchev–Trinajstić information content (AvgIpc) is 3.44. The van der Waals surface area contributed by atoms with Gasteiger partial charge >= 0.3 is 6.98 Å². The molecule has 188 valence electrons. The van der Waals surface area contributed by atoms with E-state index in [1.807, 2.05) is 11.3 Å². The monoisotopic (exact) mass is 504 g/mol. The smallest absolute Gasteiger partial charge is 0.390 e. The molecule has 0 atom stereocenters. The molecule has 5 rings (SSSR count). The molecule has 37 heavy (non-hydrogen) atoms. The molecule has 5 heteroatoms. The van der Waals surface area contributed by atoms with Crippen molar-refractivity contribution in [3.05, 3.63) is 94.0 Å². The van der Waals surface area contributed by atoms with Crippen LogP contribution in [0.2, 0.25) is 0 Å². The van der Waals surface area contributed by atoms with Crippen LogP contribution in [0.4, 0.5) is 11.4 Å². The highest BCUT2D eigenvalue weighted by Crippen LogP contribution is 2.37. The van der Waals surface area contributed by atoms with Crippen LogP contribution in [0.3, 0.4) is 0 Å². The third-order valence-electron chi connectivity index (χ3n) is 8.01. The zero-order valence-electron chi connectivity index (χ0n) is 23.6. The molecular weight excluding hydrogens is 466 g/mol. The zero-order chi connectivity index (χ0) is 26.4. The largest absolute Gasteiger partial charge is 0.421 e. The summed E-state index contributed by atoms with van der Waals surface area (Å²) >= 11 is 2.00. The van der Waals surface area contributed by atoms with Crippen LogP contribution in [-0.2, 0) is 0 Å². The summed E-state index contributed by atoms with van der Waals surface area (Å²) in [6.45, 7) is 20.6. The number of hydrogen-bond donors (Lipinski definition) is 0. The van der Waals surface area contributed by atoms with Crippen molar-refractivity contribution in [1.29, 1.82) is 0 Å². The summed E-state index contributed by atoms with van der Waals surface area (Å²) in [4.78, 5) is 5.13. The van der Waals surface area contributed by atoms with Crippen LogP contribution in [0.15, 0.2) is 60.7 Å². The van der Waals surface area contributed by atoms with Crippen LogP contribution in [0.25, 0.3) is 0 Å². The molecule has 2 nitrogen and oxygen atoms in total. The van der Waals surface area contributed by atoms with Gasteiger partial charge in [0.2, 0.25) is 0 Å². The van der Waals surface area contributed by atoms with Gasteiger partial charge in [-0.3, -0.25) is 0 Å². The molecule has 2 heterocycles. The fourth-order valence-corrected chi connectivity index (χ4v) is 8.02. The maximum absolute atomic E-state index is 2.56. The summed E-state index contributed by atoms with van der Waals surface area (Å²) in [5.74, 6) is 0. The van der Waals surface area contributed by atoms with E-state index in [0.717, 1.165) is 13.1 Å². The maximum Gasteiger partial charge on any atom is 0.421 e. The molecule has 1 aliphatic heterocycles. The molecule has 0 radical (unpaired) electrons. The Hall–Kier alpha value is -2.91. The van der Waals surface area contributed by atoms with Crippen LogP contribution in [0.5, 0.6) is 0 Å². The highest BCUT2D eigenvalue weighted by Gasteiger charge is 2.41. The van der Waals surface area contributed by atoms with E-state index in [4.69, 9.17) is 0 Å². The van der Waals surface area contributed by atoms with E-state index in [2.05, 4.69) is 126 Å². The van der Waals surface area contributed by atoms with Gasteiger partial charge in [-0.25, -0.2) is 0 Å². The third kappa shape index (κ3) is 4.42. The van der Waals surface area contributed by atoms with Crippen molar-refractivity contribution in [3.63, 3.8) is 0 Å². The number of nitrogens with zero attached hydrogens (tertiary/aromatic N) is 2. The summed E-state index contributed by atoms with van der Waals surface area (Å²) in [6.07, 6.45) is 0. The van der Waals surface area contributed by atoms with E-state index in [9.17, 15) is 0 Å². The first-order valence-corrected chi connectivity index (χ1v) is 14.4. The van der Waals surface area contributed by atoms with E-state index in [0.29, 0.717) is 0 Å². The summed E-state index contributed by atoms with van der Waals surface area (Å²) in [5.41, 5.74) is 13.8. The van der Waals surface area contributed by atoms with Crippen molar-refractivity contribution < 1.29 is 0 Å². The molecule has 0 unspecified atom stereocenters. The van der Waals surface area contributed by atoms with Crippen molar-refractivity contribution in [1.82, 2.24) is 0 Å². The van der Waals surface area contributed by atoms with E-state index >= 15 is 0 Å². The van der Waals surface area contributed by atoms with Gasteiger partial charge in [0.05, 0.1) is 0 Å². The Morgan fingerprint density at radius 2 is 1.08 bits per heavy atom. The van der Waals surface area contributed by atoms with Gasteiger partial charge in [0, 0.05) is 29.2 Å². The molecule has 1 aromatic heterocycles. The fraction of sp³-hybridized carbons (Fsp3) is 0.312. The number of benzene rings is 3. The second-order valence-corrected chi connectivity index (χ2v) is 11.9. The minimum absolute atomic E-state index is 0.230. The molecule has 0 aliphatic carbocycles. The van der Waals surface area contributed by atoms with Gasteiger partial charge in [0.25, 0.3) is 6.71 Å². The molecule has 0 bridgehead atoms. The Labute approximate surface area is 228 Å². The number of hydrogen-bond acceptors (Lipinski definition) is 3. The Bertz CT molecular complexity index is 1320. The first-order valence-electron chi connectivity index (χ1n) is 13.6. The van der Waals surface area contributed by atoms with E-state index in [1.165, 1.54) is 65.2 Å². The SMILES string of the molecule is CCN1B(c2ccc(B(c3c(C)cc(C)cc3C)c3c(C)cc(C)cc3C)s2)N(CC)c2ccccc21. The summed E-state index contributed by atoms with van der Waals surface area (Å²) in [5, 5.41) is 0. The van der Waals surface area contributed by atoms with E-state index < -0.39 is 0 Å². The van der Waals surface area contributed by atoms with Crippen molar-refractivity contribution in [3.8, 4) is 0 Å². The Balaban J connectivity index is 1.68. The van der Waals surface area contributed by atoms with Gasteiger partial charge in [0.1, 0.15) is 0 Å². The summed E-state index contributed by atoms with van der Waals surface area (Å²) in [7, 11) is 0. The lowest BCUT2D eigenvalue weighted by Gasteiger charge is -2.27. The van der Waals surface area contributed by atoms with Crippen molar-refractivity contribution in [2.24, 2.45) is 0 Å². The lowest BCUT2D eigenvalue weighted by molar-refractivity contribution is 1.06. The molecule has 0 amide bonds. The molecule has 1 aliphatic rings. The summed E-state index contributed by atoms with van der Waals surface area (Å²) < 4.78 is 2.85. The van der Waals surface area contributed by atoms with Crippen LogP contribution >= 0.6 is 11.3 Å². The number of aryl methyl sites for hydroxylation is 6. The third-order valence-corrected chi connectivity index (χ3v) is 9.20. The minimum Gasteiger partial charge on any atom is -0.390 e. The predicted octanol–water partition coefficient (Wildman–Crippen LogP) is 5.18. The van der Waals surface area contributed by atoms with Crippen molar-refractivity contribution in [2.45, 2.75) is 55.4 Å². The lowest BCUT2D eigenvalue weighted by Crippen LogP contribution is -2.57. The maximum atomic E-state index is 2.56. The standard InChI is InChI=1S/C32H38B2N2S/c1-9-35-27-13-11-12-14-28(27)36(10-2)34(35)30-16-15-29(37-30)33(31-23(5)17-21(3)18-24(31)6)32-25(7)19-22(4)20-26(32)8/h11-20H,9-10H2,1-8H3. The van der Waals surface area contributed by atoms with Crippen molar-refractivity contribution in [2.75, 3.05) is 22.7 Å². The van der Waals surface area contributed by atoms with Crippen LogP contribution in [0.1, 0.15) is 47.2 Å². The topological polar surface area (TPSA) is 6.48 Å². The average molecular weight is 504 g/mol. The quantitative estimate of drug-likeness (QED) is 0.334. The molecule has 0 N–H and O–H groups in total. The Morgan fingerprint density at radius 1 is 0.649 bits per heavy atom. The Morgan fingerprint density at radius 3 is 1.49 bits per heavy atom. The molecule has 3 aromatic carbocycles. The molecule has 4 aromatic rings. The number of fused-ring (bicyclic) bond motifs is 1. The van der Waals surface area contributed by atoms with Crippen LogP contribution < -0.4 is 30.1 Å². The second kappa shape index (κ2) is 10.1. The molecule has 0 fully saturated rings. The minimum atomic E-state index is 0.230. The number of anilines is 2. The van der Waals surface area contributed by atoms with Crippen molar-refractivity contribution >= 4 is 56.9 Å². The Kier molecular flexibility index (Phi) is 7.02. The fourth-order valence-electron chi connectivity index (χ4n) is 6.76. The molecule has 0 saturated carbocycles. The van der Waals surface area contributed by atoms with Gasteiger partial charge in [-0.15, -0.1) is 0 Å². The lowest BCUT2D eigenvalue weighted by atomic mass is 9.37. The van der Waals surface area contributed by atoms with Crippen LogP contribution in [0, 0.1) is 41.5 Å². The number of rotatable bonds is 6. The van der Waals surface area contributed by atoms with E-state index in [-0.39, 0.29) is 13.7 Å².